The van der Waals surface area contributed by atoms with Gasteiger partial charge in [0.05, 0.1) is 28.4 Å². The Morgan fingerprint density at radius 1 is 1.10 bits per heavy atom. The van der Waals surface area contributed by atoms with E-state index in [1.807, 2.05) is 0 Å². The summed E-state index contributed by atoms with van der Waals surface area (Å²) in [6.07, 6.45) is 1.27. The van der Waals surface area contributed by atoms with E-state index in [1.165, 1.54) is 4.31 Å². The third-order valence-corrected chi connectivity index (χ3v) is 8.37. The molecular formula is C21H27N3O5S2. The van der Waals surface area contributed by atoms with Crippen molar-refractivity contribution in [1.82, 2.24) is 0 Å². The van der Waals surface area contributed by atoms with Crippen LogP contribution in [0.15, 0.2) is 35.2 Å². The number of nitrogens with one attached hydrogen (secondary N) is 1. The van der Waals surface area contributed by atoms with E-state index in [0.29, 0.717) is 27.9 Å². The number of aryl methyl sites for hydroxylation is 2. The Balaban J connectivity index is 2.26. The van der Waals surface area contributed by atoms with E-state index in [9.17, 15) is 21.6 Å². The standard InChI is InChI=1S/C21H27N3O5S2/c1-12-10-13(2)20(15(4)19(12)23-30(5,26)27)31(28,29)24-14(3)11-17(21(22)25)16-8-6-7-9-18(16)24/h6-10,14,17,23H,11H2,1-5H3,(H2,22,25). The molecule has 0 saturated heterocycles. The number of benzene rings is 2. The number of anilines is 2. The molecule has 0 radical (unpaired) electrons. The molecule has 10 heteroatoms. The van der Waals surface area contributed by atoms with Crippen LogP contribution in [0.3, 0.4) is 0 Å². The van der Waals surface area contributed by atoms with Crippen LogP contribution in [0.2, 0.25) is 0 Å². The van der Waals surface area contributed by atoms with Crippen molar-refractivity contribution in [3.8, 4) is 0 Å². The molecule has 0 fully saturated rings. The lowest BCUT2D eigenvalue weighted by atomic mass is 9.87. The van der Waals surface area contributed by atoms with E-state index in [2.05, 4.69) is 4.72 Å². The average molecular weight is 466 g/mol. The van der Waals surface area contributed by atoms with Crippen LogP contribution >= 0.6 is 0 Å². The van der Waals surface area contributed by atoms with Crippen molar-refractivity contribution < 1.29 is 21.6 Å². The van der Waals surface area contributed by atoms with Gasteiger partial charge in [-0.15, -0.1) is 0 Å². The van der Waals surface area contributed by atoms with Gasteiger partial charge in [0.25, 0.3) is 10.0 Å². The molecule has 3 rings (SSSR count). The summed E-state index contributed by atoms with van der Waals surface area (Å²) in [4.78, 5) is 12.0. The Morgan fingerprint density at radius 2 is 1.71 bits per heavy atom. The van der Waals surface area contributed by atoms with Gasteiger partial charge < -0.3 is 5.73 Å². The summed E-state index contributed by atoms with van der Waals surface area (Å²) in [5, 5.41) is 0. The number of nitrogens with zero attached hydrogens (tertiary/aromatic N) is 1. The van der Waals surface area contributed by atoms with Crippen molar-refractivity contribution in [3.63, 3.8) is 0 Å². The van der Waals surface area contributed by atoms with Gasteiger partial charge in [-0.1, -0.05) is 24.3 Å². The Hall–Kier alpha value is -2.59. The Bertz CT molecular complexity index is 1270. The molecule has 0 aliphatic carbocycles. The molecule has 1 aliphatic heterocycles. The highest BCUT2D eigenvalue weighted by molar-refractivity contribution is 7.93. The number of rotatable bonds is 5. The summed E-state index contributed by atoms with van der Waals surface area (Å²) in [7, 11) is -7.69. The topological polar surface area (TPSA) is 127 Å². The SMILES string of the molecule is Cc1cc(C)c(S(=O)(=O)N2c3ccccc3C(C(N)=O)CC2C)c(C)c1NS(C)(=O)=O. The summed E-state index contributed by atoms with van der Waals surface area (Å²) in [6.45, 7) is 6.73. The number of nitrogens with two attached hydrogens (primary N) is 1. The first-order valence-electron chi connectivity index (χ1n) is 9.77. The fourth-order valence-electron chi connectivity index (χ4n) is 4.43. The molecule has 2 unspecified atom stereocenters. The lowest BCUT2D eigenvalue weighted by Crippen LogP contribution is -2.45. The fraction of sp³-hybridized carbons (Fsp3) is 0.381. The van der Waals surface area contributed by atoms with Gasteiger partial charge in [-0.3, -0.25) is 13.8 Å². The highest BCUT2D eigenvalue weighted by atomic mass is 32.2. The minimum absolute atomic E-state index is 0.0448. The predicted molar refractivity (Wildman–Crippen MR) is 121 cm³/mol. The molecule has 1 heterocycles. The summed E-state index contributed by atoms with van der Waals surface area (Å²) < 4.78 is 55.3. The van der Waals surface area contributed by atoms with Crippen LogP contribution in [0.5, 0.6) is 0 Å². The summed E-state index contributed by atoms with van der Waals surface area (Å²) in [5.41, 5.74) is 8.26. The molecule has 0 saturated carbocycles. The molecule has 1 amide bonds. The van der Waals surface area contributed by atoms with E-state index in [1.54, 1.807) is 58.0 Å². The maximum Gasteiger partial charge on any atom is 0.265 e. The molecule has 3 N–H and O–H groups in total. The molecule has 0 spiro atoms. The van der Waals surface area contributed by atoms with E-state index in [-0.39, 0.29) is 17.0 Å². The number of sulfonamides is 2. The number of para-hydroxylation sites is 1. The number of primary amides is 1. The van der Waals surface area contributed by atoms with Gasteiger partial charge in [0.15, 0.2) is 0 Å². The van der Waals surface area contributed by atoms with E-state index in [4.69, 9.17) is 5.73 Å². The Kier molecular flexibility index (Phi) is 5.83. The van der Waals surface area contributed by atoms with Gasteiger partial charge in [0.1, 0.15) is 0 Å². The van der Waals surface area contributed by atoms with Crippen molar-refractivity contribution in [3.05, 3.63) is 52.6 Å². The molecular weight excluding hydrogens is 438 g/mol. The first-order chi connectivity index (χ1) is 14.3. The number of fused-ring (bicyclic) bond motifs is 1. The monoisotopic (exact) mass is 465 g/mol. The van der Waals surface area contributed by atoms with Crippen molar-refractivity contribution in [2.75, 3.05) is 15.3 Å². The van der Waals surface area contributed by atoms with Gasteiger partial charge >= 0.3 is 0 Å². The molecule has 2 aromatic carbocycles. The van der Waals surface area contributed by atoms with Crippen molar-refractivity contribution >= 4 is 37.3 Å². The number of amides is 1. The summed E-state index contributed by atoms with van der Waals surface area (Å²) in [5.74, 6) is -1.08. The Morgan fingerprint density at radius 3 is 2.29 bits per heavy atom. The van der Waals surface area contributed by atoms with Crippen LogP contribution < -0.4 is 14.8 Å². The highest BCUT2D eigenvalue weighted by Crippen LogP contribution is 2.43. The summed E-state index contributed by atoms with van der Waals surface area (Å²) >= 11 is 0. The molecule has 2 aromatic rings. The van der Waals surface area contributed by atoms with Crippen molar-refractivity contribution in [2.24, 2.45) is 5.73 Å². The molecule has 8 nitrogen and oxygen atoms in total. The predicted octanol–water partition coefficient (Wildman–Crippen LogP) is 2.54. The largest absolute Gasteiger partial charge is 0.369 e. The number of hydrogen-bond donors (Lipinski definition) is 2. The minimum atomic E-state index is -4.08. The van der Waals surface area contributed by atoms with Crippen LogP contribution in [0.25, 0.3) is 0 Å². The molecule has 168 valence electrons. The lowest BCUT2D eigenvalue weighted by Gasteiger charge is -2.39. The molecule has 31 heavy (non-hydrogen) atoms. The lowest BCUT2D eigenvalue weighted by molar-refractivity contribution is -0.119. The molecule has 2 atom stereocenters. The Labute approximate surface area is 183 Å². The average Bonchev–Trinajstić information content (AvgIpc) is 2.62. The maximum absolute atomic E-state index is 13.9. The van der Waals surface area contributed by atoms with Crippen LogP contribution in [0.4, 0.5) is 11.4 Å². The third kappa shape index (κ3) is 4.14. The zero-order valence-electron chi connectivity index (χ0n) is 18.1. The zero-order chi connectivity index (χ0) is 23.3. The zero-order valence-corrected chi connectivity index (χ0v) is 19.8. The highest BCUT2D eigenvalue weighted by Gasteiger charge is 2.40. The molecule has 0 bridgehead atoms. The fourth-order valence-corrected chi connectivity index (χ4v) is 7.25. The molecule has 0 aromatic heterocycles. The third-order valence-electron chi connectivity index (χ3n) is 5.58. The van der Waals surface area contributed by atoms with E-state index in [0.717, 1.165) is 6.26 Å². The molecule has 1 aliphatic rings. The minimum Gasteiger partial charge on any atom is -0.369 e. The normalized spacial score (nSPS) is 19.1. The van der Waals surface area contributed by atoms with Crippen molar-refractivity contribution in [2.45, 2.75) is 51.0 Å². The van der Waals surface area contributed by atoms with Crippen molar-refractivity contribution in [1.29, 1.82) is 0 Å². The first-order valence-corrected chi connectivity index (χ1v) is 13.1. The van der Waals surface area contributed by atoms with Crippen LogP contribution in [-0.4, -0.2) is 35.0 Å². The maximum atomic E-state index is 13.9. The van der Waals surface area contributed by atoms with Gasteiger partial charge in [0.2, 0.25) is 15.9 Å². The van der Waals surface area contributed by atoms with Crippen LogP contribution in [0.1, 0.15) is 41.5 Å². The second kappa shape index (κ2) is 7.83. The van der Waals surface area contributed by atoms with Crippen LogP contribution in [0, 0.1) is 20.8 Å². The quantitative estimate of drug-likeness (QED) is 0.702. The summed E-state index contributed by atoms with van der Waals surface area (Å²) in [6, 6.07) is 7.95. The van der Waals surface area contributed by atoms with Crippen LogP contribution in [-0.2, 0) is 24.8 Å². The second-order valence-electron chi connectivity index (χ2n) is 8.11. The van der Waals surface area contributed by atoms with Gasteiger partial charge in [-0.25, -0.2) is 16.8 Å². The number of carbonyl (C=O) groups excluding carboxylic acids is 1. The van der Waals surface area contributed by atoms with Gasteiger partial charge in [-0.2, -0.15) is 0 Å². The number of carbonyl (C=O) groups is 1. The van der Waals surface area contributed by atoms with E-state index < -0.39 is 37.9 Å². The van der Waals surface area contributed by atoms with Gasteiger partial charge in [-0.05, 0) is 62.4 Å². The second-order valence-corrected chi connectivity index (χ2v) is 11.6. The first kappa shape index (κ1) is 23.1. The smallest absolute Gasteiger partial charge is 0.265 e. The number of hydrogen-bond acceptors (Lipinski definition) is 5. The van der Waals surface area contributed by atoms with E-state index >= 15 is 0 Å². The van der Waals surface area contributed by atoms with Gasteiger partial charge in [0, 0.05) is 6.04 Å².